The fourth-order valence-electron chi connectivity index (χ4n) is 1.14. The van der Waals surface area contributed by atoms with Gasteiger partial charge in [0, 0.05) is 38.4 Å². The quantitative estimate of drug-likeness (QED) is 0.442. The van der Waals surface area contributed by atoms with E-state index in [4.69, 9.17) is 14.9 Å². The number of carboxylic acid groups (broad SMARTS) is 2. The summed E-state index contributed by atoms with van der Waals surface area (Å²) in [5, 5.41) is 17.5. The van der Waals surface area contributed by atoms with Crippen molar-refractivity contribution in [1.29, 1.82) is 0 Å². The molecule has 1 atom stereocenters. The van der Waals surface area contributed by atoms with E-state index in [2.05, 4.69) is 0 Å². The zero-order valence-electron chi connectivity index (χ0n) is 10.0. The summed E-state index contributed by atoms with van der Waals surface area (Å²) < 4.78 is 4.73. The molecule has 0 rings (SSSR count). The van der Waals surface area contributed by atoms with Crippen molar-refractivity contribution in [3.63, 3.8) is 0 Å². The van der Waals surface area contributed by atoms with Crippen LogP contribution < -0.4 is 0 Å². The molecule has 0 spiro atoms. The zero-order valence-corrected chi connectivity index (χ0v) is 13.0. The number of hydrogen-bond acceptors (Lipinski definition) is 4. The van der Waals surface area contributed by atoms with Crippen LogP contribution >= 0.6 is 0 Å². The molecule has 0 aliphatic heterocycles. The van der Waals surface area contributed by atoms with Gasteiger partial charge in [-0.2, -0.15) is 0 Å². The van der Waals surface area contributed by atoms with Gasteiger partial charge >= 0.3 is 17.9 Å². The molecule has 2 N–H and O–H groups in total. The average molecular weight is 296 g/mol. The van der Waals surface area contributed by atoms with E-state index in [1.165, 1.54) is 20.8 Å². The molecule has 6 nitrogen and oxygen atoms in total. The fourth-order valence-corrected chi connectivity index (χ4v) is 1.14. The first-order chi connectivity index (χ1) is 7.25. The number of carboxylic acids is 2. The van der Waals surface area contributed by atoms with Gasteiger partial charge in [0.05, 0.1) is 5.57 Å². The number of rotatable bonds is 5. The molecule has 1 unspecified atom stereocenters. The van der Waals surface area contributed by atoms with Gasteiger partial charge in [-0.1, -0.05) is 0 Å². The predicted octanol–water partition coefficient (Wildman–Crippen LogP) is 0.811. The van der Waals surface area contributed by atoms with Crippen molar-refractivity contribution < 1.29 is 48.8 Å². The van der Waals surface area contributed by atoms with E-state index in [0.29, 0.717) is 0 Å². The van der Waals surface area contributed by atoms with Crippen LogP contribution in [-0.4, -0.2) is 34.2 Å². The summed E-state index contributed by atoms with van der Waals surface area (Å²) in [5.74, 6) is -3.16. The third-order valence-corrected chi connectivity index (χ3v) is 1.89. The summed E-state index contributed by atoms with van der Waals surface area (Å²) in [6.07, 6.45) is -0.801. The van der Waals surface area contributed by atoms with Gasteiger partial charge < -0.3 is 14.9 Å². The van der Waals surface area contributed by atoms with Crippen LogP contribution in [0.3, 0.4) is 0 Å². The predicted molar refractivity (Wildman–Crippen MR) is 53.8 cm³/mol. The van der Waals surface area contributed by atoms with Crippen molar-refractivity contribution in [3.8, 4) is 0 Å². The van der Waals surface area contributed by atoms with Crippen LogP contribution in [0.1, 0.15) is 27.2 Å². The van der Waals surface area contributed by atoms with Crippen LogP contribution in [0.15, 0.2) is 11.1 Å². The summed E-state index contributed by atoms with van der Waals surface area (Å²) >= 11 is 0. The average Bonchev–Trinajstić information content (AvgIpc) is 2.11. The van der Waals surface area contributed by atoms with E-state index in [1.807, 2.05) is 0 Å². The molecule has 92 valence electrons. The Balaban J connectivity index is 0. The van der Waals surface area contributed by atoms with E-state index in [9.17, 15) is 14.4 Å². The van der Waals surface area contributed by atoms with Crippen LogP contribution in [0, 0.1) is 0 Å². The largest absolute Gasteiger partial charge is 0.478 e. The minimum Gasteiger partial charge on any atom is -0.478 e. The monoisotopic (exact) mass is 294 g/mol. The van der Waals surface area contributed by atoms with Gasteiger partial charge in [-0.05, 0) is 13.8 Å². The van der Waals surface area contributed by atoms with E-state index < -0.39 is 24.0 Å². The van der Waals surface area contributed by atoms with Crippen LogP contribution in [0.4, 0.5) is 0 Å². The van der Waals surface area contributed by atoms with Gasteiger partial charge in [-0.25, -0.2) is 9.59 Å². The Bertz CT molecular complexity index is 347. The van der Waals surface area contributed by atoms with Crippen molar-refractivity contribution >= 4 is 17.9 Å². The Morgan fingerprint density at radius 1 is 1.12 bits per heavy atom. The molecule has 0 aromatic heterocycles. The summed E-state index contributed by atoms with van der Waals surface area (Å²) in [6, 6.07) is 0. The first kappa shape index (κ1) is 18.1. The van der Waals surface area contributed by atoms with Crippen molar-refractivity contribution in [1.82, 2.24) is 0 Å². The summed E-state index contributed by atoms with van der Waals surface area (Å²) in [5.41, 5.74) is -0.521. The number of esters is 1. The summed E-state index contributed by atoms with van der Waals surface area (Å²) in [7, 11) is 0. The number of aliphatic carboxylic acids is 2. The fraction of sp³-hybridized carbons (Fsp3) is 0.500. The SMILES string of the molecule is CC(=O)OC(C)CC(C(=O)O)=C(C)C(=O)O.[Zn]. The molecule has 0 saturated carbocycles. The van der Waals surface area contributed by atoms with E-state index in [1.54, 1.807) is 0 Å². The normalized spacial score (nSPS) is 12.9. The van der Waals surface area contributed by atoms with Crippen LogP contribution in [0.2, 0.25) is 0 Å². The van der Waals surface area contributed by atoms with Crippen molar-refractivity contribution in [2.45, 2.75) is 33.3 Å². The number of hydrogen-bond donors (Lipinski definition) is 2. The van der Waals surface area contributed by atoms with Crippen molar-refractivity contribution in [2.24, 2.45) is 0 Å². The molecule has 0 fully saturated rings. The molecule has 7 heteroatoms. The first-order valence-electron chi connectivity index (χ1n) is 4.59. The third kappa shape index (κ3) is 6.84. The van der Waals surface area contributed by atoms with Crippen LogP contribution in [0.5, 0.6) is 0 Å². The van der Waals surface area contributed by atoms with Gasteiger partial charge in [-0.15, -0.1) is 0 Å². The van der Waals surface area contributed by atoms with Gasteiger partial charge in [0.25, 0.3) is 0 Å². The Kier molecular flexibility index (Phi) is 8.49. The number of carbonyl (C=O) groups is 3. The second kappa shape index (κ2) is 7.95. The van der Waals surface area contributed by atoms with Gasteiger partial charge in [0.1, 0.15) is 6.10 Å². The van der Waals surface area contributed by atoms with Crippen molar-refractivity contribution in [2.75, 3.05) is 0 Å². The molecule has 17 heavy (non-hydrogen) atoms. The molecule has 0 aliphatic rings. The molecule has 0 aromatic rings. The molecule has 0 amide bonds. The number of carbonyl (C=O) groups excluding carboxylic acids is 1. The second-order valence-corrected chi connectivity index (χ2v) is 3.34. The molecule has 0 aromatic carbocycles. The zero-order chi connectivity index (χ0) is 12.9. The van der Waals surface area contributed by atoms with Crippen LogP contribution in [0.25, 0.3) is 0 Å². The molecule has 0 heterocycles. The molecular weight excluding hydrogens is 281 g/mol. The maximum Gasteiger partial charge on any atom is 0.332 e. The summed E-state index contributed by atoms with van der Waals surface area (Å²) in [6.45, 7) is 3.90. The van der Waals surface area contributed by atoms with E-state index >= 15 is 0 Å². The van der Waals surface area contributed by atoms with Gasteiger partial charge in [0.15, 0.2) is 0 Å². The first-order valence-corrected chi connectivity index (χ1v) is 4.59. The second-order valence-electron chi connectivity index (χ2n) is 3.34. The maximum atomic E-state index is 10.8. The van der Waals surface area contributed by atoms with E-state index in [-0.39, 0.29) is 37.0 Å². The van der Waals surface area contributed by atoms with Crippen molar-refractivity contribution in [3.05, 3.63) is 11.1 Å². The minimum absolute atomic E-state index is 0. The maximum absolute atomic E-state index is 10.8. The Hall–Kier alpha value is -1.23. The van der Waals surface area contributed by atoms with Gasteiger partial charge in [-0.3, -0.25) is 4.79 Å². The van der Waals surface area contributed by atoms with Crippen LogP contribution in [-0.2, 0) is 38.6 Å². The topological polar surface area (TPSA) is 101 Å². The molecular formula is C10H14O6Zn. The standard InChI is InChI=1S/C10H14O6.Zn/c1-5(16-7(3)11)4-8(10(14)15)6(2)9(12)13;/h5H,4H2,1-3H3,(H,12,13)(H,14,15);. The molecule has 0 saturated heterocycles. The smallest absolute Gasteiger partial charge is 0.332 e. The Labute approximate surface area is 111 Å². The van der Waals surface area contributed by atoms with Gasteiger partial charge in [0.2, 0.25) is 0 Å². The third-order valence-electron chi connectivity index (χ3n) is 1.89. The number of ether oxygens (including phenoxy) is 1. The summed E-state index contributed by atoms with van der Waals surface area (Å²) in [4.78, 5) is 32.0. The molecule has 0 radical (unpaired) electrons. The minimum atomic E-state index is -1.32. The Morgan fingerprint density at radius 2 is 1.59 bits per heavy atom. The molecule has 0 aliphatic carbocycles. The molecule has 0 bridgehead atoms. The van der Waals surface area contributed by atoms with E-state index in [0.717, 1.165) is 0 Å². The Morgan fingerprint density at radius 3 is 1.88 bits per heavy atom.